The Bertz CT molecular complexity index is 3870. The summed E-state index contributed by atoms with van der Waals surface area (Å²) in [4.78, 5) is 14.9. The molecule has 13 aromatic rings. The van der Waals surface area contributed by atoms with E-state index < -0.39 is 0 Å². The van der Waals surface area contributed by atoms with Gasteiger partial charge in [-0.1, -0.05) is 182 Å². The minimum Gasteiger partial charge on any atom is -0.455 e. The third kappa shape index (κ3) is 6.28. The van der Waals surface area contributed by atoms with E-state index >= 15 is 0 Å². The van der Waals surface area contributed by atoms with Crippen molar-refractivity contribution < 1.29 is 4.42 Å². The quantitative estimate of drug-likeness (QED) is 0.160. The van der Waals surface area contributed by atoms with Crippen molar-refractivity contribution in [3.63, 3.8) is 0 Å². The summed E-state index contributed by atoms with van der Waals surface area (Å²) in [5, 5.41) is 6.92. The van der Waals surface area contributed by atoms with Crippen LogP contribution in [0.25, 0.3) is 128 Å². The van der Waals surface area contributed by atoms with Crippen LogP contribution in [0.3, 0.4) is 0 Å². The highest BCUT2D eigenvalue weighted by molar-refractivity contribution is 6.22. The average molecular weight is 843 g/mol. The highest BCUT2D eigenvalue weighted by atomic mass is 16.3. The molecule has 0 bridgehead atoms. The fourth-order valence-corrected chi connectivity index (χ4v) is 9.76. The number of aromatic nitrogens is 4. The topological polar surface area (TPSA) is 56.7 Å². The van der Waals surface area contributed by atoms with Crippen LogP contribution in [0.1, 0.15) is 0 Å². The van der Waals surface area contributed by atoms with Gasteiger partial charge in [-0.2, -0.15) is 0 Å². The Kier molecular flexibility index (Phi) is 8.78. The Morgan fingerprint density at radius 3 is 1.42 bits per heavy atom. The Labute approximate surface area is 380 Å². The predicted octanol–water partition coefficient (Wildman–Crippen LogP) is 16.0. The molecular formula is C61H38N4O. The van der Waals surface area contributed by atoms with E-state index in [2.05, 4.69) is 174 Å². The molecule has 0 saturated heterocycles. The third-order valence-electron chi connectivity index (χ3n) is 12.8. The molecule has 0 aliphatic heterocycles. The van der Waals surface area contributed by atoms with Gasteiger partial charge in [-0.25, -0.2) is 15.0 Å². The van der Waals surface area contributed by atoms with Crippen molar-refractivity contribution >= 4 is 54.5 Å². The van der Waals surface area contributed by atoms with Gasteiger partial charge in [0.25, 0.3) is 0 Å². The zero-order chi connectivity index (χ0) is 43.6. The maximum absolute atomic E-state index is 6.80. The number of nitrogens with zero attached hydrogens (tertiary/aromatic N) is 4. The molecule has 66 heavy (non-hydrogen) atoms. The summed E-state index contributed by atoms with van der Waals surface area (Å²) in [5.41, 5.74) is 14.8. The molecule has 0 atom stereocenters. The molecule has 3 aromatic heterocycles. The van der Waals surface area contributed by atoms with Gasteiger partial charge in [-0.15, -0.1) is 0 Å². The molecule has 0 unspecified atom stereocenters. The Morgan fingerprint density at radius 2 is 0.788 bits per heavy atom. The van der Waals surface area contributed by atoms with Crippen molar-refractivity contribution in [2.75, 3.05) is 0 Å². The van der Waals surface area contributed by atoms with Gasteiger partial charge in [-0.3, -0.25) is 0 Å². The lowest BCUT2D eigenvalue weighted by Crippen LogP contribution is -2.00. The second-order valence-corrected chi connectivity index (χ2v) is 16.7. The van der Waals surface area contributed by atoms with E-state index in [9.17, 15) is 0 Å². The van der Waals surface area contributed by atoms with Crippen LogP contribution < -0.4 is 0 Å². The molecule has 5 heteroatoms. The molecule has 0 radical (unpaired) electrons. The van der Waals surface area contributed by atoms with Gasteiger partial charge in [0.05, 0.1) is 11.0 Å². The van der Waals surface area contributed by atoms with E-state index in [1.807, 2.05) is 60.7 Å². The first-order valence-electron chi connectivity index (χ1n) is 22.3. The zero-order valence-electron chi connectivity index (χ0n) is 35.6. The molecule has 0 fully saturated rings. The maximum atomic E-state index is 6.80. The number of rotatable bonds is 7. The fraction of sp³-hybridized carbons (Fsp3) is 0. The summed E-state index contributed by atoms with van der Waals surface area (Å²) in [6.07, 6.45) is 0. The molecule has 0 amide bonds. The van der Waals surface area contributed by atoms with Crippen molar-refractivity contribution in [1.29, 1.82) is 0 Å². The lowest BCUT2D eigenvalue weighted by Gasteiger charge is -2.12. The lowest BCUT2D eigenvalue weighted by molar-refractivity contribution is 0.673. The standard InChI is InChI=1S/C61H38N4O/c1-3-16-40(17-4-1)59-62-60(41-18-5-2-6-19-41)64-61(63-59)45-23-14-21-43(37-45)42-20-13-22-44(36-42)52-38-53-57-47(28-15-31-56(57)66-58(53)51-27-8-7-24-48(51)52)39-32-34-46(35-33-39)65-54-29-11-9-25-49(54)50-26-10-12-30-55(50)65/h1-38H. The highest BCUT2D eigenvalue weighted by Crippen LogP contribution is 2.44. The maximum Gasteiger partial charge on any atom is 0.164 e. The van der Waals surface area contributed by atoms with Crippen molar-refractivity contribution in [1.82, 2.24) is 19.5 Å². The summed E-state index contributed by atoms with van der Waals surface area (Å²) in [5.74, 6) is 1.90. The van der Waals surface area contributed by atoms with E-state index in [4.69, 9.17) is 19.4 Å². The number of fused-ring (bicyclic) bond motifs is 8. The van der Waals surface area contributed by atoms with E-state index in [1.54, 1.807) is 0 Å². The van der Waals surface area contributed by atoms with Gasteiger partial charge >= 0.3 is 0 Å². The average Bonchev–Trinajstić information content (AvgIpc) is 3.95. The molecule has 308 valence electrons. The van der Waals surface area contributed by atoms with Crippen LogP contribution in [0.4, 0.5) is 0 Å². The number of hydrogen-bond acceptors (Lipinski definition) is 4. The number of hydrogen-bond donors (Lipinski definition) is 0. The fourth-order valence-electron chi connectivity index (χ4n) is 9.76. The largest absolute Gasteiger partial charge is 0.455 e. The summed E-state index contributed by atoms with van der Waals surface area (Å²) in [7, 11) is 0. The summed E-state index contributed by atoms with van der Waals surface area (Å²) < 4.78 is 9.16. The molecule has 5 nitrogen and oxygen atoms in total. The van der Waals surface area contributed by atoms with Gasteiger partial charge in [0.15, 0.2) is 17.5 Å². The summed E-state index contributed by atoms with van der Waals surface area (Å²) >= 11 is 0. The minimum atomic E-state index is 0.626. The Morgan fingerprint density at radius 1 is 0.303 bits per heavy atom. The minimum absolute atomic E-state index is 0.626. The molecule has 0 spiro atoms. The van der Waals surface area contributed by atoms with Gasteiger partial charge in [0.2, 0.25) is 0 Å². The van der Waals surface area contributed by atoms with E-state index in [0.717, 1.165) is 88.5 Å². The van der Waals surface area contributed by atoms with Crippen LogP contribution in [-0.2, 0) is 0 Å². The van der Waals surface area contributed by atoms with Gasteiger partial charge in [0, 0.05) is 49.3 Å². The number of benzene rings is 10. The van der Waals surface area contributed by atoms with Crippen LogP contribution in [0.15, 0.2) is 235 Å². The van der Waals surface area contributed by atoms with Crippen molar-refractivity contribution in [3.05, 3.63) is 231 Å². The first kappa shape index (κ1) is 37.6. The van der Waals surface area contributed by atoms with Crippen molar-refractivity contribution in [2.45, 2.75) is 0 Å². The van der Waals surface area contributed by atoms with Crippen molar-refractivity contribution in [3.8, 4) is 73.2 Å². The Balaban J connectivity index is 0.915. The second kappa shape index (κ2) is 15.4. The zero-order valence-corrected chi connectivity index (χ0v) is 35.6. The molecule has 0 saturated carbocycles. The van der Waals surface area contributed by atoms with Crippen LogP contribution in [0, 0.1) is 0 Å². The molecule has 0 N–H and O–H groups in total. The predicted molar refractivity (Wildman–Crippen MR) is 272 cm³/mol. The van der Waals surface area contributed by atoms with Gasteiger partial charge < -0.3 is 8.98 Å². The highest BCUT2D eigenvalue weighted by Gasteiger charge is 2.20. The van der Waals surface area contributed by atoms with E-state index in [-0.39, 0.29) is 0 Å². The number of para-hydroxylation sites is 2. The molecular weight excluding hydrogens is 805 g/mol. The molecule has 3 heterocycles. The summed E-state index contributed by atoms with van der Waals surface area (Å²) in [6.45, 7) is 0. The number of furan rings is 1. The van der Waals surface area contributed by atoms with E-state index in [1.165, 1.54) is 21.8 Å². The van der Waals surface area contributed by atoms with Gasteiger partial charge in [-0.05, 0) is 87.3 Å². The van der Waals surface area contributed by atoms with Crippen LogP contribution in [0.2, 0.25) is 0 Å². The van der Waals surface area contributed by atoms with Gasteiger partial charge in [0.1, 0.15) is 11.2 Å². The molecule has 10 aromatic carbocycles. The first-order valence-corrected chi connectivity index (χ1v) is 22.3. The summed E-state index contributed by atoms with van der Waals surface area (Å²) in [6, 6.07) is 81.1. The second-order valence-electron chi connectivity index (χ2n) is 16.7. The third-order valence-corrected chi connectivity index (χ3v) is 12.8. The Hall–Kier alpha value is -8.93. The smallest absolute Gasteiger partial charge is 0.164 e. The lowest BCUT2D eigenvalue weighted by atomic mass is 9.92. The molecule has 0 aliphatic rings. The van der Waals surface area contributed by atoms with Crippen LogP contribution >= 0.6 is 0 Å². The van der Waals surface area contributed by atoms with Crippen LogP contribution in [-0.4, -0.2) is 19.5 Å². The molecule has 0 aliphatic carbocycles. The van der Waals surface area contributed by atoms with Crippen molar-refractivity contribution in [2.24, 2.45) is 0 Å². The van der Waals surface area contributed by atoms with E-state index in [0.29, 0.717) is 17.5 Å². The normalized spacial score (nSPS) is 11.6. The monoisotopic (exact) mass is 842 g/mol. The first-order chi connectivity index (χ1) is 32.7. The van der Waals surface area contributed by atoms with Crippen LogP contribution in [0.5, 0.6) is 0 Å². The molecule has 13 rings (SSSR count). The SMILES string of the molecule is c1ccc(-c2nc(-c3ccccc3)nc(-c3cccc(-c4cccc(-c5cc6c(oc7cccc(-c8ccc(-n9c%10ccccc%10c%10ccccc%109)cc8)c76)c6ccccc56)c4)c3)n2)cc1.